The molecule has 202 valence electrons. The van der Waals surface area contributed by atoms with Gasteiger partial charge in [-0.2, -0.15) is 0 Å². The number of nitrogens with zero attached hydrogens (tertiary/aromatic N) is 3. The van der Waals surface area contributed by atoms with Crippen molar-refractivity contribution in [3.63, 3.8) is 0 Å². The van der Waals surface area contributed by atoms with E-state index in [-0.39, 0.29) is 10.8 Å². The Hall–Kier alpha value is -2.84. The van der Waals surface area contributed by atoms with Crippen LogP contribution in [0.15, 0.2) is 59.6 Å². The molecule has 7 nitrogen and oxygen atoms in total. The molecular formula is C30H37N3O4S. The third-order valence-electron chi connectivity index (χ3n) is 8.74. The Balaban J connectivity index is 1.05. The zero-order valence-corrected chi connectivity index (χ0v) is 22.9. The van der Waals surface area contributed by atoms with Gasteiger partial charge in [-0.1, -0.05) is 6.42 Å². The molecular weight excluding hydrogens is 498 g/mol. The van der Waals surface area contributed by atoms with Crippen molar-refractivity contribution >= 4 is 26.6 Å². The molecule has 38 heavy (non-hydrogen) atoms. The van der Waals surface area contributed by atoms with Crippen molar-refractivity contribution in [1.29, 1.82) is 0 Å². The van der Waals surface area contributed by atoms with Gasteiger partial charge in [0, 0.05) is 67.2 Å². The molecule has 6 rings (SSSR count). The van der Waals surface area contributed by atoms with E-state index in [2.05, 4.69) is 39.9 Å². The van der Waals surface area contributed by atoms with Crippen molar-refractivity contribution in [2.24, 2.45) is 0 Å². The summed E-state index contributed by atoms with van der Waals surface area (Å²) in [5.74, 6) is 0.917. The van der Waals surface area contributed by atoms with Gasteiger partial charge in [-0.05, 0) is 87.1 Å². The fraction of sp³-hybridized carbons (Fsp3) is 0.500. The minimum atomic E-state index is -3.27. The van der Waals surface area contributed by atoms with Gasteiger partial charge in [0.25, 0.3) is 5.91 Å². The van der Waals surface area contributed by atoms with E-state index in [1.54, 1.807) is 12.1 Å². The lowest BCUT2D eigenvalue weighted by Crippen LogP contribution is -2.46. The number of hydrogen-bond donors (Lipinski definition) is 0. The summed E-state index contributed by atoms with van der Waals surface area (Å²) in [5, 5.41) is 1.19. The SMILES string of the molecule is CS(=O)(=O)c1ccc(C(=O)N2CCC(n3ccc4cc(OC5CCN(C6CCC6)CC5)ccc43)CC2)cc1. The Morgan fingerprint density at radius 3 is 2.18 bits per heavy atom. The minimum absolute atomic E-state index is 0.0406. The van der Waals surface area contributed by atoms with E-state index in [0.717, 1.165) is 50.6 Å². The standard InChI is InChI=1S/C30H37N3O4S/c1-38(35,36)28-8-5-22(6-9-28)30(34)32-16-12-25(13-17-32)33-20-11-23-21-27(7-10-29(23)33)37-26-14-18-31(19-15-26)24-3-2-4-24/h5-11,20-21,24-26H,2-4,12-19H2,1H3. The number of ether oxygens (including phenoxy) is 1. The van der Waals surface area contributed by atoms with Crippen LogP contribution >= 0.6 is 0 Å². The van der Waals surface area contributed by atoms with E-state index in [0.29, 0.717) is 30.8 Å². The smallest absolute Gasteiger partial charge is 0.253 e. The fourth-order valence-corrected chi connectivity index (χ4v) is 6.84. The Kier molecular flexibility index (Phi) is 6.95. The van der Waals surface area contributed by atoms with Crippen LogP contribution in [0.5, 0.6) is 5.75 Å². The second kappa shape index (κ2) is 10.4. The molecule has 3 fully saturated rings. The molecule has 3 aliphatic rings. The molecule has 0 unspecified atom stereocenters. The molecule has 1 amide bonds. The predicted molar refractivity (Wildman–Crippen MR) is 149 cm³/mol. The zero-order valence-electron chi connectivity index (χ0n) is 22.1. The number of amides is 1. The molecule has 2 aromatic carbocycles. The number of benzene rings is 2. The number of likely N-dealkylation sites (tertiary alicyclic amines) is 2. The first-order valence-corrected chi connectivity index (χ1v) is 15.8. The maximum atomic E-state index is 13.0. The molecule has 0 N–H and O–H groups in total. The molecule has 2 saturated heterocycles. The molecule has 0 bridgehead atoms. The lowest BCUT2D eigenvalue weighted by Gasteiger charge is -2.41. The Bertz CT molecular complexity index is 1400. The first-order valence-electron chi connectivity index (χ1n) is 14.0. The van der Waals surface area contributed by atoms with E-state index in [1.807, 2.05) is 4.90 Å². The highest BCUT2D eigenvalue weighted by atomic mass is 32.2. The van der Waals surface area contributed by atoms with Crippen LogP contribution in [0.1, 0.15) is 61.3 Å². The van der Waals surface area contributed by atoms with Gasteiger partial charge >= 0.3 is 0 Å². The summed E-state index contributed by atoms with van der Waals surface area (Å²) in [6.07, 6.45) is 11.7. The van der Waals surface area contributed by atoms with Gasteiger partial charge in [0.1, 0.15) is 11.9 Å². The van der Waals surface area contributed by atoms with Crippen LogP contribution in [0.4, 0.5) is 0 Å². The van der Waals surface area contributed by atoms with Crippen LogP contribution in [0.25, 0.3) is 10.9 Å². The Labute approximate surface area is 225 Å². The topological polar surface area (TPSA) is 71.8 Å². The van der Waals surface area contributed by atoms with Gasteiger partial charge in [0.2, 0.25) is 0 Å². The predicted octanol–water partition coefficient (Wildman–Crippen LogP) is 4.92. The van der Waals surface area contributed by atoms with Crippen LogP contribution in [-0.4, -0.2) is 73.3 Å². The summed E-state index contributed by atoms with van der Waals surface area (Å²) in [7, 11) is -3.27. The Morgan fingerprint density at radius 2 is 1.55 bits per heavy atom. The molecule has 1 saturated carbocycles. The van der Waals surface area contributed by atoms with E-state index in [1.165, 1.54) is 48.6 Å². The summed E-state index contributed by atoms with van der Waals surface area (Å²) < 4.78 is 32.1. The van der Waals surface area contributed by atoms with Crippen LogP contribution in [0, 0.1) is 0 Å². The van der Waals surface area contributed by atoms with Gasteiger partial charge in [-0.15, -0.1) is 0 Å². The van der Waals surface area contributed by atoms with Crippen LogP contribution in [0.3, 0.4) is 0 Å². The number of hydrogen-bond acceptors (Lipinski definition) is 5. The Morgan fingerprint density at radius 1 is 0.842 bits per heavy atom. The number of aromatic nitrogens is 1. The molecule has 1 aliphatic carbocycles. The number of sulfone groups is 1. The van der Waals surface area contributed by atoms with Crippen molar-refractivity contribution in [2.75, 3.05) is 32.4 Å². The highest BCUT2D eigenvalue weighted by Gasteiger charge is 2.30. The summed E-state index contributed by atoms with van der Waals surface area (Å²) in [5.41, 5.74) is 1.74. The summed E-state index contributed by atoms with van der Waals surface area (Å²) >= 11 is 0. The number of carbonyl (C=O) groups is 1. The summed E-state index contributed by atoms with van der Waals surface area (Å²) in [4.78, 5) is 17.7. The number of rotatable bonds is 6. The molecule has 3 heterocycles. The second-order valence-electron chi connectivity index (χ2n) is 11.2. The quantitative estimate of drug-likeness (QED) is 0.448. The second-order valence-corrected chi connectivity index (χ2v) is 13.2. The highest BCUT2D eigenvalue weighted by molar-refractivity contribution is 7.90. The van der Waals surface area contributed by atoms with Gasteiger partial charge < -0.3 is 19.1 Å². The van der Waals surface area contributed by atoms with Crippen molar-refractivity contribution in [3.05, 3.63) is 60.3 Å². The number of carbonyl (C=O) groups excluding carboxylic acids is 1. The highest BCUT2D eigenvalue weighted by Crippen LogP contribution is 2.32. The van der Waals surface area contributed by atoms with Crippen LogP contribution in [0.2, 0.25) is 0 Å². The minimum Gasteiger partial charge on any atom is -0.490 e. The van der Waals surface area contributed by atoms with Gasteiger partial charge in [-0.3, -0.25) is 4.79 Å². The normalized spacial score (nSPS) is 20.5. The number of piperidine rings is 2. The lowest BCUT2D eigenvalue weighted by molar-refractivity contribution is 0.0494. The van der Waals surface area contributed by atoms with E-state index >= 15 is 0 Å². The lowest BCUT2D eigenvalue weighted by atomic mass is 9.90. The molecule has 0 atom stereocenters. The van der Waals surface area contributed by atoms with Crippen LogP contribution in [-0.2, 0) is 9.84 Å². The third kappa shape index (κ3) is 5.21. The molecule has 8 heteroatoms. The monoisotopic (exact) mass is 535 g/mol. The zero-order chi connectivity index (χ0) is 26.3. The van der Waals surface area contributed by atoms with Crippen molar-refractivity contribution in [3.8, 4) is 5.75 Å². The molecule has 1 aromatic heterocycles. The van der Waals surface area contributed by atoms with Crippen molar-refractivity contribution in [1.82, 2.24) is 14.4 Å². The van der Waals surface area contributed by atoms with Crippen molar-refractivity contribution in [2.45, 2.75) is 68.0 Å². The number of fused-ring (bicyclic) bond motifs is 1. The fourth-order valence-electron chi connectivity index (χ4n) is 6.21. The molecule has 0 spiro atoms. The largest absolute Gasteiger partial charge is 0.490 e. The van der Waals surface area contributed by atoms with Gasteiger partial charge in [-0.25, -0.2) is 8.42 Å². The molecule has 2 aliphatic heterocycles. The van der Waals surface area contributed by atoms with E-state index < -0.39 is 9.84 Å². The van der Waals surface area contributed by atoms with Crippen LogP contribution < -0.4 is 4.74 Å². The maximum absolute atomic E-state index is 13.0. The van der Waals surface area contributed by atoms with Gasteiger partial charge in [0.15, 0.2) is 9.84 Å². The maximum Gasteiger partial charge on any atom is 0.253 e. The third-order valence-corrected chi connectivity index (χ3v) is 9.87. The molecule has 3 aromatic rings. The summed E-state index contributed by atoms with van der Waals surface area (Å²) in [6.45, 7) is 3.66. The summed E-state index contributed by atoms with van der Waals surface area (Å²) in [6, 6.07) is 16.0. The van der Waals surface area contributed by atoms with Gasteiger partial charge in [0.05, 0.1) is 4.90 Å². The van der Waals surface area contributed by atoms with E-state index in [9.17, 15) is 13.2 Å². The molecule has 0 radical (unpaired) electrons. The first-order chi connectivity index (χ1) is 18.3. The van der Waals surface area contributed by atoms with E-state index in [4.69, 9.17) is 4.74 Å². The van der Waals surface area contributed by atoms with Crippen molar-refractivity contribution < 1.29 is 17.9 Å². The average Bonchev–Trinajstić information content (AvgIpc) is 3.31. The average molecular weight is 536 g/mol. The first kappa shape index (κ1) is 25.4.